The summed E-state index contributed by atoms with van der Waals surface area (Å²) < 4.78 is 27.5. The molecule has 2 aromatic carbocycles. The van der Waals surface area contributed by atoms with Crippen molar-refractivity contribution in [2.24, 2.45) is 0 Å². The summed E-state index contributed by atoms with van der Waals surface area (Å²) in [6, 6.07) is 13.3. The van der Waals surface area contributed by atoms with Crippen LogP contribution in [0.4, 0.5) is 5.69 Å². The fourth-order valence-electron chi connectivity index (χ4n) is 2.88. The lowest BCUT2D eigenvalue weighted by Crippen LogP contribution is -2.40. The van der Waals surface area contributed by atoms with Gasteiger partial charge < -0.3 is 0 Å². The maximum absolute atomic E-state index is 12.5. The highest BCUT2D eigenvalue weighted by Crippen LogP contribution is 2.23. The third kappa shape index (κ3) is 3.84. The van der Waals surface area contributed by atoms with Gasteiger partial charge in [-0.05, 0) is 48.7 Å². The minimum atomic E-state index is -3.69. The van der Waals surface area contributed by atoms with Crippen LogP contribution in [0.3, 0.4) is 0 Å². The monoisotopic (exact) mass is 372 g/mol. The summed E-state index contributed by atoms with van der Waals surface area (Å²) in [6.45, 7) is 2.12. The SMILES string of the molecule is Cc1ccccc1CNS(=O)(=O)c1ccc(N2C(=O)CCCC2=O)cc1. The van der Waals surface area contributed by atoms with Crippen molar-refractivity contribution in [3.05, 3.63) is 59.7 Å². The molecule has 0 aromatic heterocycles. The summed E-state index contributed by atoms with van der Waals surface area (Å²) in [4.78, 5) is 25.1. The highest BCUT2D eigenvalue weighted by Gasteiger charge is 2.27. The lowest BCUT2D eigenvalue weighted by atomic mass is 10.1. The Labute approximate surface area is 152 Å². The van der Waals surface area contributed by atoms with Crippen molar-refractivity contribution in [3.63, 3.8) is 0 Å². The predicted molar refractivity (Wildman–Crippen MR) is 98.0 cm³/mol. The first-order chi connectivity index (χ1) is 12.4. The second-order valence-corrected chi connectivity index (χ2v) is 7.99. The number of nitrogens with one attached hydrogen (secondary N) is 1. The van der Waals surface area contributed by atoms with Gasteiger partial charge in [0.05, 0.1) is 10.6 Å². The van der Waals surface area contributed by atoms with Crippen molar-refractivity contribution in [3.8, 4) is 0 Å². The molecule has 0 unspecified atom stereocenters. The summed E-state index contributed by atoms with van der Waals surface area (Å²) in [5, 5.41) is 0. The Morgan fingerprint density at radius 1 is 0.962 bits per heavy atom. The summed E-state index contributed by atoms with van der Waals surface area (Å²) in [5.41, 5.74) is 2.31. The molecule has 0 saturated carbocycles. The molecular formula is C19H20N2O4S. The molecule has 2 amide bonds. The number of nitrogens with zero attached hydrogens (tertiary/aromatic N) is 1. The van der Waals surface area contributed by atoms with Crippen molar-refractivity contribution in [1.82, 2.24) is 4.72 Å². The first-order valence-electron chi connectivity index (χ1n) is 8.38. The van der Waals surface area contributed by atoms with Crippen LogP contribution in [0.2, 0.25) is 0 Å². The molecule has 0 bridgehead atoms. The van der Waals surface area contributed by atoms with Crippen LogP contribution in [0.5, 0.6) is 0 Å². The lowest BCUT2D eigenvalue weighted by molar-refractivity contribution is -0.129. The van der Waals surface area contributed by atoms with Gasteiger partial charge in [-0.3, -0.25) is 14.5 Å². The molecule has 6 nitrogen and oxygen atoms in total. The molecule has 1 aliphatic rings. The Morgan fingerprint density at radius 3 is 2.19 bits per heavy atom. The molecular weight excluding hydrogens is 352 g/mol. The molecule has 1 N–H and O–H groups in total. The van der Waals surface area contributed by atoms with Gasteiger partial charge in [-0.2, -0.15) is 0 Å². The molecule has 0 aliphatic carbocycles. The average molecular weight is 372 g/mol. The van der Waals surface area contributed by atoms with E-state index in [1.807, 2.05) is 31.2 Å². The number of carbonyl (C=O) groups excluding carboxylic acids is 2. The first kappa shape index (κ1) is 18.3. The highest BCUT2D eigenvalue weighted by atomic mass is 32.2. The molecule has 0 spiro atoms. The van der Waals surface area contributed by atoms with E-state index in [1.54, 1.807) is 0 Å². The molecule has 1 heterocycles. The van der Waals surface area contributed by atoms with Crippen LogP contribution in [0, 0.1) is 6.92 Å². The Hall–Kier alpha value is -2.51. The molecule has 0 radical (unpaired) electrons. The van der Waals surface area contributed by atoms with E-state index in [4.69, 9.17) is 0 Å². The topological polar surface area (TPSA) is 83.6 Å². The van der Waals surface area contributed by atoms with Crippen LogP contribution in [0.25, 0.3) is 0 Å². The number of hydrogen-bond donors (Lipinski definition) is 1. The van der Waals surface area contributed by atoms with E-state index in [9.17, 15) is 18.0 Å². The van der Waals surface area contributed by atoms with E-state index in [0.717, 1.165) is 16.0 Å². The molecule has 3 rings (SSSR count). The van der Waals surface area contributed by atoms with Gasteiger partial charge in [0.1, 0.15) is 0 Å². The minimum absolute atomic E-state index is 0.0896. The maximum atomic E-state index is 12.5. The van der Waals surface area contributed by atoms with Crippen LogP contribution in [0.1, 0.15) is 30.4 Å². The molecule has 0 atom stereocenters. The Balaban J connectivity index is 1.76. The summed E-state index contributed by atoms with van der Waals surface area (Å²) in [7, 11) is -3.69. The van der Waals surface area contributed by atoms with Gasteiger partial charge in [-0.1, -0.05) is 24.3 Å². The normalized spacial score (nSPS) is 15.3. The standard InChI is InChI=1S/C19H20N2O4S/c1-14-5-2-3-6-15(14)13-20-26(24,25)17-11-9-16(10-12-17)21-18(22)7-4-8-19(21)23/h2-3,5-6,9-12,20H,4,7-8,13H2,1H3. The highest BCUT2D eigenvalue weighted by molar-refractivity contribution is 7.89. The average Bonchev–Trinajstić information content (AvgIpc) is 2.61. The molecule has 7 heteroatoms. The van der Waals surface area contributed by atoms with E-state index in [0.29, 0.717) is 24.9 Å². The van der Waals surface area contributed by atoms with Crippen LogP contribution in [-0.4, -0.2) is 20.2 Å². The Kier molecular flexibility index (Phi) is 5.20. The molecule has 2 aromatic rings. The van der Waals surface area contributed by atoms with Crippen LogP contribution in [0.15, 0.2) is 53.4 Å². The lowest BCUT2D eigenvalue weighted by Gasteiger charge is -2.24. The van der Waals surface area contributed by atoms with Gasteiger partial charge in [0.2, 0.25) is 21.8 Å². The van der Waals surface area contributed by atoms with Gasteiger partial charge in [-0.15, -0.1) is 0 Å². The van der Waals surface area contributed by atoms with E-state index >= 15 is 0 Å². The maximum Gasteiger partial charge on any atom is 0.240 e. The first-order valence-corrected chi connectivity index (χ1v) is 9.87. The summed E-state index contributed by atoms with van der Waals surface area (Å²) in [5.74, 6) is -0.510. The largest absolute Gasteiger partial charge is 0.274 e. The number of anilines is 1. The number of carbonyl (C=O) groups is 2. The van der Waals surface area contributed by atoms with E-state index in [-0.39, 0.29) is 23.3 Å². The number of hydrogen-bond acceptors (Lipinski definition) is 4. The Bertz CT molecular complexity index is 920. The van der Waals surface area contributed by atoms with Crippen molar-refractivity contribution < 1.29 is 18.0 Å². The van der Waals surface area contributed by atoms with Crippen LogP contribution < -0.4 is 9.62 Å². The van der Waals surface area contributed by atoms with Gasteiger partial charge in [0.25, 0.3) is 0 Å². The van der Waals surface area contributed by atoms with Crippen molar-refractivity contribution in [2.75, 3.05) is 4.90 Å². The van der Waals surface area contributed by atoms with Gasteiger partial charge in [0.15, 0.2) is 0 Å². The van der Waals surface area contributed by atoms with Crippen LogP contribution in [-0.2, 0) is 26.2 Å². The van der Waals surface area contributed by atoms with Gasteiger partial charge >= 0.3 is 0 Å². The molecule has 26 heavy (non-hydrogen) atoms. The van der Waals surface area contributed by atoms with Gasteiger partial charge in [0, 0.05) is 19.4 Å². The number of piperidine rings is 1. The zero-order valence-electron chi connectivity index (χ0n) is 14.4. The van der Waals surface area contributed by atoms with Gasteiger partial charge in [-0.25, -0.2) is 13.1 Å². The smallest absolute Gasteiger partial charge is 0.240 e. The second kappa shape index (κ2) is 7.39. The summed E-state index contributed by atoms with van der Waals surface area (Å²) >= 11 is 0. The molecule has 1 saturated heterocycles. The van der Waals surface area contributed by atoms with E-state index < -0.39 is 10.0 Å². The third-order valence-corrected chi connectivity index (χ3v) is 5.82. The van der Waals surface area contributed by atoms with Crippen molar-refractivity contribution in [2.45, 2.75) is 37.6 Å². The number of sulfonamides is 1. The third-order valence-electron chi connectivity index (χ3n) is 4.40. The van der Waals surface area contributed by atoms with Crippen molar-refractivity contribution in [1.29, 1.82) is 0 Å². The van der Waals surface area contributed by atoms with E-state index in [1.165, 1.54) is 24.3 Å². The minimum Gasteiger partial charge on any atom is -0.274 e. The number of benzene rings is 2. The molecule has 1 aliphatic heterocycles. The zero-order valence-corrected chi connectivity index (χ0v) is 15.3. The fourth-order valence-corrected chi connectivity index (χ4v) is 3.89. The number of aryl methyl sites for hydroxylation is 1. The number of imide groups is 1. The fraction of sp³-hybridized carbons (Fsp3) is 0.263. The molecule has 1 fully saturated rings. The Morgan fingerprint density at radius 2 is 1.58 bits per heavy atom. The quantitative estimate of drug-likeness (QED) is 0.818. The van der Waals surface area contributed by atoms with Crippen LogP contribution >= 0.6 is 0 Å². The predicted octanol–water partition coefficient (Wildman–Crippen LogP) is 2.52. The molecule has 136 valence electrons. The number of rotatable bonds is 5. The summed E-state index contributed by atoms with van der Waals surface area (Å²) in [6.07, 6.45) is 1.21. The second-order valence-electron chi connectivity index (χ2n) is 6.22. The zero-order chi connectivity index (χ0) is 18.7. The van der Waals surface area contributed by atoms with Crippen molar-refractivity contribution >= 4 is 27.5 Å². The number of amides is 2. The van der Waals surface area contributed by atoms with E-state index in [2.05, 4.69) is 4.72 Å².